The summed E-state index contributed by atoms with van der Waals surface area (Å²) in [5.41, 5.74) is 22.6. The van der Waals surface area contributed by atoms with Gasteiger partial charge in [-0.2, -0.15) is 0 Å². The molecule has 0 spiro atoms. The monoisotopic (exact) mass is 1460 g/mol. The third-order valence-corrected chi connectivity index (χ3v) is 22.1. The maximum absolute atomic E-state index is 6.87. The number of fused-ring (bicyclic) bond motifs is 18. The third-order valence-electron chi connectivity index (χ3n) is 22.1. The minimum atomic E-state index is 0.526. The highest BCUT2D eigenvalue weighted by molar-refractivity contribution is 6.21. The molecule has 0 saturated heterocycles. The second kappa shape index (κ2) is 26.0. The first-order valence-electron chi connectivity index (χ1n) is 38.0. The van der Waals surface area contributed by atoms with Gasteiger partial charge in [0.1, 0.15) is 44.7 Å². The molecule has 0 amide bonds. The number of benzene rings is 16. The fourth-order valence-electron chi connectivity index (χ4n) is 16.8. The van der Waals surface area contributed by atoms with Crippen LogP contribution < -0.4 is 0 Å². The highest BCUT2D eigenvalue weighted by Gasteiger charge is 2.26. The average Bonchev–Trinajstić information content (AvgIpc) is 1.56. The normalized spacial score (nSPS) is 11.9. The fourth-order valence-corrected chi connectivity index (χ4v) is 16.8. The first-order valence-corrected chi connectivity index (χ1v) is 38.0. The zero-order valence-electron chi connectivity index (χ0n) is 60.9. The van der Waals surface area contributed by atoms with Crippen LogP contribution in [0.5, 0.6) is 0 Å². The van der Waals surface area contributed by atoms with Crippen LogP contribution in [0, 0.1) is 0 Å². The molecule has 0 N–H and O–H groups in total. The van der Waals surface area contributed by atoms with Crippen molar-refractivity contribution in [2.75, 3.05) is 0 Å². The Morgan fingerprint density at radius 2 is 0.535 bits per heavy atom. The summed E-state index contributed by atoms with van der Waals surface area (Å²) in [5.74, 6) is 3.30. The summed E-state index contributed by atoms with van der Waals surface area (Å²) in [6.45, 7) is 0. The topological polar surface area (TPSA) is 140 Å². The first kappa shape index (κ1) is 64.3. The number of hydrogen-bond acceptors (Lipinski definition) is 10. The first-order chi connectivity index (χ1) is 56.5. The Hall–Kier alpha value is -15.7. The largest absolute Gasteiger partial charge is 0.456 e. The lowest BCUT2D eigenvalue weighted by molar-refractivity contribution is 0.668. The quantitative estimate of drug-likeness (QED) is 0.130. The molecule has 114 heavy (non-hydrogen) atoms. The summed E-state index contributed by atoms with van der Waals surface area (Å²) < 4.78 is 31.0. The van der Waals surface area contributed by atoms with Crippen LogP contribution in [0.3, 0.4) is 0 Å². The van der Waals surface area contributed by atoms with Crippen molar-refractivity contribution >= 4 is 131 Å². The van der Waals surface area contributed by atoms with E-state index in [-0.39, 0.29) is 0 Å². The summed E-state index contributed by atoms with van der Waals surface area (Å²) in [5, 5.41) is 12.7. The van der Waals surface area contributed by atoms with Crippen molar-refractivity contribution in [3.05, 3.63) is 364 Å². The van der Waals surface area contributed by atoms with E-state index >= 15 is 0 Å². The van der Waals surface area contributed by atoms with Crippen molar-refractivity contribution in [2.45, 2.75) is 0 Å². The van der Waals surface area contributed by atoms with Gasteiger partial charge in [0.25, 0.3) is 0 Å². The fraction of sp³-hybridized carbons (Fsp3) is 0. The van der Waals surface area contributed by atoms with Gasteiger partial charge in [0.2, 0.25) is 0 Å². The lowest BCUT2D eigenvalue weighted by atomic mass is 10.0. The van der Waals surface area contributed by atoms with Crippen LogP contribution in [0.2, 0.25) is 0 Å². The van der Waals surface area contributed by atoms with Gasteiger partial charge >= 0.3 is 0 Å². The SMILES string of the molecule is c1ccc(-c2ccc(-c3nc(-c4ccc5c(c4)oc4ccccc45)nc(-c4cccc5c4oc4cc6c7ccccc7n(-c7ccccc7)c6cc45)n3)cc2)cc1.c1ccc(-c2cccc(-c3nc(-c4cccc5c4oc4cc6c7ccccc7n(-c7ccccc7)c6cc45)nc(-c4cccc5oc6ccccc6c45)n3)c2)cc1. The van der Waals surface area contributed by atoms with Gasteiger partial charge in [0, 0.05) is 98.3 Å². The van der Waals surface area contributed by atoms with Gasteiger partial charge in [0.15, 0.2) is 34.9 Å². The summed E-state index contributed by atoms with van der Waals surface area (Å²) >= 11 is 0. The molecule has 12 nitrogen and oxygen atoms in total. The van der Waals surface area contributed by atoms with Gasteiger partial charge in [0.05, 0.1) is 33.2 Å². The number of furan rings is 4. The molecule has 24 aromatic rings. The van der Waals surface area contributed by atoms with Crippen molar-refractivity contribution < 1.29 is 17.7 Å². The Kier molecular flexibility index (Phi) is 14.7. The second-order valence-electron chi connectivity index (χ2n) is 28.8. The Labute approximate surface area is 650 Å². The molecule has 532 valence electrons. The molecule has 8 aromatic heterocycles. The van der Waals surface area contributed by atoms with Gasteiger partial charge < -0.3 is 26.8 Å². The third kappa shape index (κ3) is 10.6. The van der Waals surface area contributed by atoms with Crippen molar-refractivity contribution in [3.8, 4) is 102 Å². The Morgan fingerprint density at radius 3 is 1.12 bits per heavy atom. The van der Waals surface area contributed by atoms with E-state index in [1.165, 1.54) is 10.8 Å². The number of rotatable bonds is 10. The van der Waals surface area contributed by atoms with E-state index in [1.807, 2.05) is 78.9 Å². The summed E-state index contributed by atoms with van der Waals surface area (Å²) in [4.78, 5) is 31.0. The molecule has 0 fully saturated rings. The van der Waals surface area contributed by atoms with E-state index in [2.05, 4.69) is 294 Å². The van der Waals surface area contributed by atoms with Crippen LogP contribution in [0.25, 0.3) is 233 Å². The summed E-state index contributed by atoms with van der Waals surface area (Å²) in [6.07, 6.45) is 0. The lowest BCUT2D eigenvalue weighted by Crippen LogP contribution is -2.00. The van der Waals surface area contributed by atoms with Gasteiger partial charge in [-0.3, -0.25) is 0 Å². The minimum absolute atomic E-state index is 0.526. The molecule has 16 aromatic carbocycles. The number of hydrogen-bond donors (Lipinski definition) is 0. The molecule has 0 aliphatic heterocycles. The predicted octanol–water partition coefficient (Wildman–Crippen LogP) is 26.9. The van der Waals surface area contributed by atoms with Crippen LogP contribution in [-0.4, -0.2) is 39.0 Å². The zero-order valence-corrected chi connectivity index (χ0v) is 60.9. The molecule has 8 heterocycles. The van der Waals surface area contributed by atoms with Crippen LogP contribution in [0.1, 0.15) is 0 Å². The van der Waals surface area contributed by atoms with Crippen LogP contribution in [0.4, 0.5) is 0 Å². The minimum Gasteiger partial charge on any atom is -0.456 e. The number of para-hydroxylation sites is 8. The van der Waals surface area contributed by atoms with E-state index in [1.54, 1.807) is 0 Å². The number of aromatic nitrogens is 8. The van der Waals surface area contributed by atoms with Crippen molar-refractivity contribution in [2.24, 2.45) is 0 Å². The molecular weight excluding hydrogens is 1400 g/mol. The molecule has 0 bridgehead atoms. The zero-order chi connectivity index (χ0) is 74.9. The van der Waals surface area contributed by atoms with Crippen LogP contribution in [-0.2, 0) is 0 Å². The Bertz CT molecular complexity index is 7980. The van der Waals surface area contributed by atoms with Crippen LogP contribution in [0.15, 0.2) is 382 Å². The second-order valence-corrected chi connectivity index (χ2v) is 28.8. The van der Waals surface area contributed by atoms with Gasteiger partial charge in [-0.1, -0.05) is 255 Å². The standard InChI is InChI=1S/2C51H30N4O2/c1-3-14-31(15-4-1)32-16-11-17-33(28-32)49-52-50(38-23-13-27-45-47(38)37-21-8-10-26-44(37)56-45)54-51(53-49)39-24-12-22-36-41-29-43-40(30-46(41)57-48(36)39)35-20-7-9-25-42(35)55(43)34-18-5-2-6-19-34;1-3-12-31(13-4-1)32-22-24-33(25-23-32)49-52-50(34-26-27-38-37-17-8-10-21-45(37)56-46(38)28-34)54-51(53-49)40-19-11-18-39-42-29-44-41(30-47(42)57-48(39)40)36-16-7-9-20-43(36)55(44)35-14-5-2-6-15-35/h2*1-30H. The van der Waals surface area contributed by atoms with Gasteiger partial charge in [-0.25, -0.2) is 29.9 Å². The van der Waals surface area contributed by atoms with Crippen molar-refractivity contribution in [3.63, 3.8) is 0 Å². The van der Waals surface area contributed by atoms with Crippen molar-refractivity contribution in [1.82, 2.24) is 39.0 Å². The van der Waals surface area contributed by atoms with E-state index < -0.39 is 0 Å². The molecule has 0 aliphatic rings. The van der Waals surface area contributed by atoms with Gasteiger partial charge in [-0.05, 0) is 131 Å². The van der Waals surface area contributed by atoms with E-state index in [4.69, 9.17) is 47.6 Å². The maximum atomic E-state index is 6.87. The summed E-state index contributed by atoms with van der Waals surface area (Å²) in [6, 6.07) is 125. The molecular formula is C102H60N8O4. The summed E-state index contributed by atoms with van der Waals surface area (Å²) in [7, 11) is 0. The van der Waals surface area contributed by atoms with E-state index in [0.29, 0.717) is 34.9 Å². The molecule has 0 saturated carbocycles. The van der Waals surface area contributed by atoms with E-state index in [9.17, 15) is 0 Å². The molecule has 12 heteroatoms. The molecule has 0 radical (unpaired) electrons. The molecule has 0 atom stereocenters. The number of nitrogens with zero attached hydrogens (tertiary/aromatic N) is 8. The average molecular weight is 1460 g/mol. The molecule has 0 aliphatic carbocycles. The maximum Gasteiger partial charge on any atom is 0.167 e. The van der Waals surface area contributed by atoms with E-state index in [0.717, 1.165) is 188 Å². The van der Waals surface area contributed by atoms with Crippen molar-refractivity contribution in [1.29, 1.82) is 0 Å². The highest BCUT2D eigenvalue weighted by Crippen LogP contribution is 2.46. The Balaban J connectivity index is 0.000000135. The molecule has 0 unspecified atom stereocenters. The highest BCUT2D eigenvalue weighted by atomic mass is 16.3. The van der Waals surface area contributed by atoms with Gasteiger partial charge in [-0.15, -0.1) is 0 Å². The predicted molar refractivity (Wildman–Crippen MR) is 461 cm³/mol. The lowest BCUT2D eigenvalue weighted by Gasteiger charge is -2.10. The smallest absolute Gasteiger partial charge is 0.167 e. The Morgan fingerprint density at radius 1 is 0.175 bits per heavy atom. The van der Waals surface area contributed by atoms with Crippen LogP contribution >= 0.6 is 0 Å². The molecule has 24 rings (SSSR count).